The largest absolute Gasteiger partial charge is 0.497 e. The third kappa shape index (κ3) is 3.58. The fourth-order valence-electron chi connectivity index (χ4n) is 1.82. The van der Waals surface area contributed by atoms with E-state index in [9.17, 15) is 4.79 Å². The number of aromatic nitrogens is 2. The molecule has 19 heavy (non-hydrogen) atoms. The fourth-order valence-corrected chi connectivity index (χ4v) is 1.82. The molecule has 1 N–H and O–H groups in total. The van der Waals surface area contributed by atoms with Crippen molar-refractivity contribution in [1.29, 1.82) is 0 Å². The molecule has 1 aromatic carbocycles. The van der Waals surface area contributed by atoms with Crippen LogP contribution in [0.15, 0.2) is 43.0 Å². The molecule has 0 fully saturated rings. The zero-order valence-electron chi connectivity index (χ0n) is 11.0. The van der Waals surface area contributed by atoms with E-state index in [1.54, 1.807) is 25.7 Å². The molecule has 2 aromatic rings. The lowest BCUT2D eigenvalue weighted by molar-refractivity contribution is -0.116. The molecular weight excluding hydrogens is 242 g/mol. The van der Waals surface area contributed by atoms with Crippen LogP contribution in [0.4, 0.5) is 5.69 Å². The third-order valence-corrected chi connectivity index (χ3v) is 2.87. The van der Waals surface area contributed by atoms with Gasteiger partial charge in [0.2, 0.25) is 5.91 Å². The lowest BCUT2D eigenvalue weighted by Gasteiger charge is -2.13. The first-order chi connectivity index (χ1) is 9.19. The van der Waals surface area contributed by atoms with Gasteiger partial charge < -0.3 is 14.6 Å². The molecule has 5 nitrogen and oxygen atoms in total. The second-order valence-electron chi connectivity index (χ2n) is 4.34. The number of carbonyl (C=O) groups is 1. The quantitative estimate of drug-likeness (QED) is 0.897. The van der Waals surface area contributed by atoms with Gasteiger partial charge in [-0.1, -0.05) is 6.07 Å². The van der Waals surface area contributed by atoms with Crippen LogP contribution in [-0.2, 0) is 4.79 Å². The van der Waals surface area contributed by atoms with Crippen LogP contribution in [0, 0.1) is 0 Å². The van der Waals surface area contributed by atoms with E-state index in [1.165, 1.54) is 0 Å². The summed E-state index contributed by atoms with van der Waals surface area (Å²) in [4.78, 5) is 15.9. The van der Waals surface area contributed by atoms with Gasteiger partial charge in [0, 0.05) is 36.6 Å². The first kappa shape index (κ1) is 13.1. The number of rotatable bonds is 5. The highest BCUT2D eigenvalue weighted by molar-refractivity contribution is 5.91. The van der Waals surface area contributed by atoms with Crippen LogP contribution in [0.2, 0.25) is 0 Å². The topological polar surface area (TPSA) is 56.1 Å². The molecular formula is C14H17N3O2. The molecule has 0 aliphatic carbocycles. The van der Waals surface area contributed by atoms with Crippen LogP contribution in [0.1, 0.15) is 19.4 Å². The number of hydrogen-bond acceptors (Lipinski definition) is 3. The molecule has 0 saturated heterocycles. The van der Waals surface area contributed by atoms with Crippen molar-refractivity contribution in [3.05, 3.63) is 43.0 Å². The predicted octanol–water partition coefficient (Wildman–Crippen LogP) is 2.48. The van der Waals surface area contributed by atoms with Gasteiger partial charge in [0.1, 0.15) is 5.75 Å². The Morgan fingerprint density at radius 3 is 3.05 bits per heavy atom. The highest BCUT2D eigenvalue weighted by Crippen LogP contribution is 2.18. The van der Waals surface area contributed by atoms with Crippen LogP contribution in [-0.4, -0.2) is 22.6 Å². The SMILES string of the molecule is COc1cccc(NC(=O)C[C@H](C)n2ccnc2)c1. The van der Waals surface area contributed by atoms with E-state index in [0.717, 1.165) is 11.4 Å². The molecule has 0 radical (unpaired) electrons. The average molecular weight is 259 g/mol. The van der Waals surface area contributed by atoms with Crippen LogP contribution in [0.3, 0.4) is 0 Å². The highest BCUT2D eigenvalue weighted by atomic mass is 16.5. The van der Waals surface area contributed by atoms with E-state index in [-0.39, 0.29) is 11.9 Å². The summed E-state index contributed by atoms with van der Waals surface area (Å²) in [6.45, 7) is 1.98. The van der Waals surface area contributed by atoms with Gasteiger partial charge in [0.05, 0.1) is 13.4 Å². The standard InChI is InChI=1S/C14H17N3O2/c1-11(17-7-6-15-10-17)8-14(18)16-12-4-3-5-13(9-12)19-2/h3-7,9-11H,8H2,1-2H3,(H,16,18)/t11-/m0/s1. The number of ether oxygens (including phenoxy) is 1. The van der Waals surface area contributed by atoms with E-state index in [4.69, 9.17) is 4.74 Å². The summed E-state index contributed by atoms with van der Waals surface area (Å²) in [7, 11) is 1.60. The number of hydrogen-bond donors (Lipinski definition) is 1. The summed E-state index contributed by atoms with van der Waals surface area (Å²) >= 11 is 0. The normalized spacial score (nSPS) is 11.9. The zero-order chi connectivity index (χ0) is 13.7. The Kier molecular flexibility index (Phi) is 4.18. The molecule has 2 rings (SSSR count). The number of nitrogens with one attached hydrogen (secondary N) is 1. The summed E-state index contributed by atoms with van der Waals surface area (Å²) in [6, 6.07) is 7.38. The van der Waals surface area contributed by atoms with Crippen molar-refractivity contribution in [1.82, 2.24) is 9.55 Å². The van der Waals surface area contributed by atoms with Gasteiger partial charge in [0.25, 0.3) is 0 Å². The zero-order valence-corrected chi connectivity index (χ0v) is 11.0. The maximum absolute atomic E-state index is 11.9. The molecule has 1 aromatic heterocycles. The van der Waals surface area contributed by atoms with Gasteiger partial charge in [-0.3, -0.25) is 4.79 Å². The van der Waals surface area contributed by atoms with Gasteiger partial charge in [-0.25, -0.2) is 4.98 Å². The van der Waals surface area contributed by atoms with Crippen molar-refractivity contribution < 1.29 is 9.53 Å². The lowest BCUT2D eigenvalue weighted by Crippen LogP contribution is -2.16. The van der Waals surface area contributed by atoms with Crippen LogP contribution in [0.5, 0.6) is 5.75 Å². The molecule has 5 heteroatoms. The third-order valence-electron chi connectivity index (χ3n) is 2.87. The Labute approximate surface area is 112 Å². The molecule has 0 unspecified atom stereocenters. The van der Waals surface area contributed by atoms with Gasteiger partial charge in [-0.05, 0) is 19.1 Å². The molecule has 0 aliphatic rings. The van der Waals surface area contributed by atoms with Crippen LogP contribution >= 0.6 is 0 Å². The molecule has 1 heterocycles. The first-order valence-electron chi connectivity index (χ1n) is 6.10. The maximum Gasteiger partial charge on any atom is 0.226 e. The maximum atomic E-state index is 11.9. The molecule has 100 valence electrons. The number of methoxy groups -OCH3 is 1. The summed E-state index contributed by atoms with van der Waals surface area (Å²) in [5, 5.41) is 2.86. The van der Waals surface area contributed by atoms with Crippen LogP contribution < -0.4 is 10.1 Å². The van der Waals surface area contributed by atoms with Crippen molar-refractivity contribution >= 4 is 11.6 Å². The number of amides is 1. The van der Waals surface area contributed by atoms with Gasteiger partial charge >= 0.3 is 0 Å². The monoisotopic (exact) mass is 259 g/mol. The van der Waals surface area contributed by atoms with Gasteiger partial charge in [-0.15, -0.1) is 0 Å². The van der Waals surface area contributed by atoms with Gasteiger partial charge in [0.15, 0.2) is 0 Å². The van der Waals surface area contributed by atoms with E-state index in [2.05, 4.69) is 10.3 Å². The summed E-state index contributed by atoms with van der Waals surface area (Å²) in [5.41, 5.74) is 0.738. The van der Waals surface area contributed by atoms with Crippen molar-refractivity contribution in [3.63, 3.8) is 0 Å². The summed E-state index contributed by atoms with van der Waals surface area (Å²) < 4.78 is 7.02. The number of carbonyl (C=O) groups excluding carboxylic acids is 1. The average Bonchev–Trinajstić information content (AvgIpc) is 2.92. The van der Waals surface area contributed by atoms with E-state index in [0.29, 0.717) is 6.42 Å². The second kappa shape index (κ2) is 6.04. The van der Waals surface area contributed by atoms with Crippen molar-refractivity contribution in [3.8, 4) is 5.75 Å². The Morgan fingerprint density at radius 2 is 2.37 bits per heavy atom. The van der Waals surface area contributed by atoms with E-state index < -0.39 is 0 Å². The van der Waals surface area contributed by atoms with Crippen molar-refractivity contribution in [2.45, 2.75) is 19.4 Å². The molecule has 1 atom stereocenters. The Bertz CT molecular complexity index is 537. The second-order valence-corrected chi connectivity index (χ2v) is 4.34. The number of anilines is 1. The van der Waals surface area contributed by atoms with Crippen molar-refractivity contribution in [2.24, 2.45) is 0 Å². The Morgan fingerprint density at radius 1 is 1.53 bits per heavy atom. The molecule has 0 saturated carbocycles. The van der Waals surface area contributed by atoms with Crippen molar-refractivity contribution in [2.75, 3.05) is 12.4 Å². The Balaban J connectivity index is 1.93. The fraction of sp³-hybridized carbons (Fsp3) is 0.286. The van der Waals surface area contributed by atoms with E-state index in [1.807, 2.05) is 35.9 Å². The number of imidazole rings is 1. The highest BCUT2D eigenvalue weighted by Gasteiger charge is 2.10. The summed E-state index contributed by atoms with van der Waals surface area (Å²) in [5.74, 6) is 0.690. The molecule has 1 amide bonds. The number of nitrogens with zero attached hydrogens (tertiary/aromatic N) is 2. The number of benzene rings is 1. The lowest BCUT2D eigenvalue weighted by atomic mass is 10.2. The first-order valence-corrected chi connectivity index (χ1v) is 6.10. The smallest absolute Gasteiger partial charge is 0.226 e. The minimum atomic E-state index is -0.0329. The Hall–Kier alpha value is -2.30. The molecule has 0 aliphatic heterocycles. The molecule has 0 bridgehead atoms. The predicted molar refractivity (Wildman–Crippen MR) is 73.2 cm³/mol. The summed E-state index contributed by atoms with van der Waals surface area (Å²) in [6.07, 6.45) is 5.66. The van der Waals surface area contributed by atoms with E-state index >= 15 is 0 Å². The minimum Gasteiger partial charge on any atom is -0.497 e. The minimum absolute atomic E-state index is 0.0329. The van der Waals surface area contributed by atoms with Crippen LogP contribution in [0.25, 0.3) is 0 Å². The van der Waals surface area contributed by atoms with Gasteiger partial charge in [-0.2, -0.15) is 0 Å². The molecule has 0 spiro atoms.